The molecule has 0 saturated carbocycles. The number of amides is 1. The monoisotopic (exact) mass is 248 g/mol. The Morgan fingerprint density at radius 1 is 1.56 bits per heavy atom. The molecule has 18 heavy (non-hydrogen) atoms. The average Bonchev–Trinajstić information content (AvgIpc) is 2.62. The highest BCUT2D eigenvalue weighted by Gasteiger charge is 2.17. The van der Waals surface area contributed by atoms with Crippen LogP contribution in [0.25, 0.3) is 0 Å². The molecule has 0 fully saturated rings. The molecule has 5 nitrogen and oxygen atoms in total. The fraction of sp³-hybridized carbons (Fsp3) is 0.538. The Balaban J connectivity index is 2.01. The second-order valence-electron chi connectivity index (χ2n) is 4.67. The number of nitrogens with one attached hydrogen (secondary N) is 2. The van der Waals surface area contributed by atoms with Crippen molar-refractivity contribution >= 4 is 5.91 Å². The molecule has 1 aliphatic heterocycles. The Bertz CT molecular complexity index is 487. The minimum atomic E-state index is -0.0301. The maximum Gasteiger partial charge on any atom is 0.255 e. The zero-order valence-corrected chi connectivity index (χ0v) is 11.2. The van der Waals surface area contributed by atoms with E-state index < -0.39 is 0 Å². The molecule has 1 amide bonds. The summed E-state index contributed by atoms with van der Waals surface area (Å²) in [7, 11) is 1.86. The van der Waals surface area contributed by atoms with E-state index in [0.29, 0.717) is 12.1 Å². The van der Waals surface area contributed by atoms with Crippen molar-refractivity contribution in [3.8, 4) is 0 Å². The fourth-order valence-electron chi connectivity index (χ4n) is 2.21. The first-order valence-corrected chi connectivity index (χ1v) is 6.26. The van der Waals surface area contributed by atoms with Gasteiger partial charge in [-0.1, -0.05) is 11.6 Å². The molecule has 0 radical (unpaired) electrons. The molecule has 2 heterocycles. The molecule has 5 heteroatoms. The van der Waals surface area contributed by atoms with E-state index in [2.05, 4.69) is 21.8 Å². The van der Waals surface area contributed by atoms with Gasteiger partial charge >= 0.3 is 0 Å². The van der Waals surface area contributed by atoms with E-state index in [4.69, 9.17) is 0 Å². The second kappa shape index (κ2) is 5.35. The molecular formula is C13H20N4O. The zero-order valence-electron chi connectivity index (χ0n) is 11.2. The van der Waals surface area contributed by atoms with Crippen LogP contribution < -0.4 is 10.6 Å². The van der Waals surface area contributed by atoms with Crippen molar-refractivity contribution in [2.75, 3.05) is 19.6 Å². The highest BCUT2D eigenvalue weighted by atomic mass is 16.1. The van der Waals surface area contributed by atoms with Crippen LogP contribution in [0.4, 0.5) is 0 Å². The summed E-state index contributed by atoms with van der Waals surface area (Å²) in [6.07, 6.45) is 3.15. The van der Waals surface area contributed by atoms with Crippen molar-refractivity contribution in [1.82, 2.24) is 20.4 Å². The quantitative estimate of drug-likeness (QED) is 0.774. The standard InChI is InChI=1S/C13H20N4O/c1-9-12(10(2)17(3)16-9)13(18)15-8-11-4-6-14-7-5-11/h4,14H,5-8H2,1-3H3,(H,15,18). The van der Waals surface area contributed by atoms with E-state index in [9.17, 15) is 4.79 Å². The van der Waals surface area contributed by atoms with Crippen LogP contribution in [0, 0.1) is 13.8 Å². The third-order valence-electron chi connectivity index (χ3n) is 3.37. The van der Waals surface area contributed by atoms with Gasteiger partial charge in [0.15, 0.2) is 0 Å². The van der Waals surface area contributed by atoms with Crippen LogP contribution in [0.15, 0.2) is 11.6 Å². The summed E-state index contributed by atoms with van der Waals surface area (Å²) in [5.74, 6) is -0.0301. The van der Waals surface area contributed by atoms with Crippen molar-refractivity contribution in [1.29, 1.82) is 0 Å². The Labute approximate surface area is 107 Å². The molecule has 0 aromatic carbocycles. The number of hydrogen-bond acceptors (Lipinski definition) is 3. The van der Waals surface area contributed by atoms with Crippen LogP contribution in [0.3, 0.4) is 0 Å². The number of aryl methyl sites for hydroxylation is 2. The predicted molar refractivity (Wildman–Crippen MR) is 70.6 cm³/mol. The van der Waals surface area contributed by atoms with Crippen molar-refractivity contribution in [2.24, 2.45) is 7.05 Å². The maximum absolute atomic E-state index is 12.1. The van der Waals surface area contributed by atoms with E-state index in [1.165, 1.54) is 5.57 Å². The highest BCUT2D eigenvalue weighted by molar-refractivity contribution is 5.96. The van der Waals surface area contributed by atoms with Gasteiger partial charge in [-0.05, 0) is 26.8 Å². The number of aromatic nitrogens is 2. The molecule has 0 unspecified atom stereocenters. The molecule has 1 aromatic rings. The summed E-state index contributed by atoms with van der Waals surface area (Å²) in [6.45, 7) is 6.31. The number of nitrogens with zero attached hydrogens (tertiary/aromatic N) is 2. The van der Waals surface area contributed by atoms with Gasteiger partial charge in [-0.25, -0.2) is 0 Å². The van der Waals surface area contributed by atoms with Gasteiger partial charge in [0.05, 0.1) is 11.3 Å². The third kappa shape index (κ3) is 2.61. The Kier molecular flexibility index (Phi) is 3.81. The number of hydrogen-bond donors (Lipinski definition) is 2. The molecule has 1 aliphatic rings. The van der Waals surface area contributed by atoms with E-state index in [1.54, 1.807) is 4.68 Å². The maximum atomic E-state index is 12.1. The summed E-state index contributed by atoms with van der Waals surface area (Å²) in [6, 6.07) is 0. The lowest BCUT2D eigenvalue weighted by molar-refractivity contribution is 0.0955. The first-order valence-electron chi connectivity index (χ1n) is 6.26. The van der Waals surface area contributed by atoms with Crippen LogP contribution in [-0.4, -0.2) is 35.3 Å². The van der Waals surface area contributed by atoms with Crippen molar-refractivity contribution < 1.29 is 4.79 Å². The summed E-state index contributed by atoms with van der Waals surface area (Å²) in [5, 5.41) is 10.5. The Morgan fingerprint density at radius 3 is 2.89 bits per heavy atom. The van der Waals surface area contributed by atoms with Crippen molar-refractivity contribution in [2.45, 2.75) is 20.3 Å². The average molecular weight is 248 g/mol. The Morgan fingerprint density at radius 2 is 2.33 bits per heavy atom. The largest absolute Gasteiger partial charge is 0.348 e. The zero-order chi connectivity index (χ0) is 13.1. The molecule has 0 aliphatic carbocycles. The van der Waals surface area contributed by atoms with Gasteiger partial charge in [0.2, 0.25) is 0 Å². The van der Waals surface area contributed by atoms with Gasteiger partial charge in [-0.3, -0.25) is 9.48 Å². The summed E-state index contributed by atoms with van der Waals surface area (Å²) >= 11 is 0. The number of rotatable bonds is 3. The van der Waals surface area contributed by atoms with Crippen molar-refractivity contribution in [3.63, 3.8) is 0 Å². The molecular weight excluding hydrogens is 228 g/mol. The van der Waals surface area contributed by atoms with E-state index in [1.807, 2.05) is 20.9 Å². The minimum absolute atomic E-state index is 0.0301. The SMILES string of the molecule is Cc1nn(C)c(C)c1C(=O)NCC1=CCNCC1. The third-order valence-corrected chi connectivity index (χ3v) is 3.37. The van der Waals surface area contributed by atoms with Crippen molar-refractivity contribution in [3.05, 3.63) is 28.6 Å². The van der Waals surface area contributed by atoms with Gasteiger partial charge in [0.1, 0.15) is 0 Å². The van der Waals surface area contributed by atoms with Crippen LogP contribution in [0.1, 0.15) is 28.2 Å². The van der Waals surface area contributed by atoms with Crippen LogP contribution >= 0.6 is 0 Å². The number of carbonyl (C=O) groups is 1. The molecule has 98 valence electrons. The van der Waals surface area contributed by atoms with Gasteiger partial charge in [0.25, 0.3) is 5.91 Å². The first kappa shape index (κ1) is 12.8. The molecule has 0 spiro atoms. The normalized spacial score (nSPS) is 15.4. The topological polar surface area (TPSA) is 59.0 Å². The second-order valence-corrected chi connectivity index (χ2v) is 4.67. The molecule has 0 bridgehead atoms. The highest BCUT2D eigenvalue weighted by Crippen LogP contribution is 2.12. The number of carbonyl (C=O) groups excluding carboxylic acids is 1. The summed E-state index contributed by atoms with van der Waals surface area (Å²) in [5.41, 5.74) is 3.68. The lowest BCUT2D eigenvalue weighted by Crippen LogP contribution is -2.30. The summed E-state index contributed by atoms with van der Waals surface area (Å²) < 4.78 is 1.74. The molecule has 2 rings (SSSR count). The van der Waals surface area contributed by atoms with E-state index in [-0.39, 0.29) is 5.91 Å². The van der Waals surface area contributed by atoms with Crippen LogP contribution in [-0.2, 0) is 7.05 Å². The van der Waals surface area contributed by atoms with Crippen LogP contribution in [0.2, 0.25) is 0 Å². The van der Waals surface area contributed by atoms with E-state index >= 15 is 0 Å². The first-order chi connectivity index (χ1) is 8.59. The summed E-state index contributed by atoms with van der Waals surface area (Å²) in [4.78, 5) is 12.1. The van der Waals surface area contributed by atoms with Gasteiger partial charge in [-0.2, -0.15) is 5.10 Å². The fourth-order valence-corrected chi connectivity index (χ4v) is 2.21. The smallest absolute Gasteiger partial charge is 0.255 e. The molecule has 0 atom stereocenters. The Hall–Kier alpha value is -1.62. The van der Waals surface area contributed by atoms with Gasteiger partial charge in [0, 0.05) is 25.8 Å². The van der Waals surface area contributed by atoms with Gasteiger partial charge in [-0.15, -0.1) is 0 Å². The molecule has 0 saturated heterocycles. The lowest BCUT2D eigenvalue weighted by Gasteiger charge is -2.14. The van der Waals surface area contributed by atoms with Gasteiger partial charge < -0.3 is 10.6 Å². The minimum Gasteiger partial charge on any atom is -0.348 e. The lowest BCUT2D eigenvalue weighted by atomic mass is 10.1. The molecule has 2 N–H and O–H groups in total. The molecule has 1 aromatic heterocycles. The van der Waals surface area contributed by atoms with Crippen LogP contribution in [0.5, 0.6) is 0 Å². The van der Waals surface area contributed by atoms with E-state index in [0.717, 1.165) is 30.9 Å². The predicted octanol–water partition coefficient (Wildman–Crippen LogP) is 0.686.